The van der Waals surface area contributed by atoms with E-state index in [4.69, 9.17) is 13.9 Å². The van der Waals surface area contributed by atoms with Gasteiger partial charge in [0.2, 0.25) is 0 Å². The molecule has 0 bridgehead atoms. The van der Waals surface area contributed by atoms with Crippen LogP contribution in [0.4, 0.5) is 0 Å². The first-order valence-electron chi connectivity index (χ1n) is 8.09. The van der Waals surface area contributed by atoms with E-state index in [1.807, 2.05) is 25.1 Å². The molecule has 130 valence electrons. The van der Waals surface area contributed by atoms with Gasteiger partial charge in [0, 0.05) is 5.56 Å². The third-order valence-corrected chi connectivity index (χ3v) is 8.81. The second-order valence-electron chi connectivity index (χ2n) is 7.21. The highest BCUT2D eigenvalue weighted by molar-refractivity contribution is 6.74. The number of para-hydroxylation sites is 1. The second-order valence-corrected chi connectivity index (χ2v) is 12.0. The molecule has 0 atom stereocenters. The van der Waals surface area contributed by atoms with Crippen LogP contribution in [0.15, 0.2) is 18.2 Å². The van der Waals surface area contributed by atoms with Gasteiger partial charge in [0.05, 0.1) is 13.2 Å². The van der Waals surface area contributed by atoms with Crippen LogP contribution in [-0.4, -0.2) is 27.5 Å². The van der Waals surface area contributed by atoms with Crippen molar-refractivity contribution in [2.75, 3.05) is 13.2 Å². The summed E-state index contributed by atoms with van der Waals surface area (Å²) in [5.74, 6) is 0.367. The fourth-order valence-corrected chi connectivity index (χ4v) is 2.79. The molecule has 0 aromatic heterocycles. The first-order valence-corrected chi connectivity index (χ1v) is 11.0. The molecule has 0 saturated carbocycles. The maximum Gasteiger partial charge on any atom is 0.344 e. The van der Waals surface area contributed by atoms with Crippen LogP contribution in [0.1, 0.15) is 38.8 Å². The van der Waals surface area contributed by atoms with Gasteiger partial charge >= 0.3 is 5.97 Å². The summed E-state index contributed by atoms with van der Waals surface area (Å²) in [6.45, 7) is 15.6. The predicted octanol–water partition coefficient (Wildman–Crippen LogP) is 4.46. The van der Waals surface area contributed by atoms with Crippen LogP contribution >= 0.6 is 0 Å². The second kappa shape index (κ2) is 7.97. The van der Waals surface area contributed by atoms with E-state index in [0.717, 1.165) is 16.9 Å². The molecule has 0 unspecified atom stereocenters. The molecule has 0 amide bonds. The maximum absolute atomic E-state index is 11.5. The number of carbonyl (C=O) groups is 1. The van der Waals surface area contributed by atoms with Crippen LogP contribution in [0.25, 0.3) is 0 Å². The molecular formula is C18H30O4Si. The Morgan fingerprint density at radius 3 is 2.43 bits per heavy atom. The Morgan fingerprint density at radius 1 is 1.22 bits per heavy atom. The van der Waals surface area contributed by atoms with Crippen LogP contribution in [0.5, 0.6) is 5.75 Å². The highest BCUT2D eigenvalue weighted by Gasteiger charge is 2.37. The molecule has 5 heteroatoms. The number of hydrogen-bond donors (Lipinski definition) is 0. The zero-order chi connectivity index (χ0) is 17.7. The Balaban J connectivity index is 2.83. The lowest BCUT2D eigenvalue weighted by molar-refractivity contribution is -0.145. The molecule has 0 radical (unpaired) electrons. The van der Waals surface area contributed by atoms with E-state index in [9.17, 15) is 4.79 Å². The van der Waals surface area contributed by atoms with Crippen molar-refractivity contribution in [3.8, 4) is 5.75 Å². The van der Waals surface area contributed by atoms with Crippen molar-refractivity contribution in [2.24, 2.45) is 0 Å². The number of esters is 1. The first-order chi connectivity index (χ1) is 10.6. The summed E-state index contributed by atoms with van der Waals surface area (Å²) in [7, 11) is -1.83. The van der Waals surface area contributed by atoms with Gasteiger partial charge < -0.3 is 13.9 Å². The summed E-state index contributed by atoms with van der Waals surface area (Å²) in [5.41, 5.74) is 1.96. The first kappa shape index (κ1) is 19.7. The SMILES string of the molecule is CCOC(=O)COc1c(C)cccc1CO[Si](C)(C)C(C)(C)C. The topological polar surface area (TPSA) is 44.8 Å². The lowest BCUT2D eigenvalue weighted by Gasteiger charge is -2.36. The summed E-state index contributed by atoms with van der Waals surface area (Å²) in [6.07, 6.45) is 0. The van der Waals surface area contributed by atoms with Crippen LogP contribution in [-0.2, 0) is 20.6 Å². The summed E-state index contributed by atoms with van der Waals surface area (Å²) in [6, 6.07) is 5.94. The Bertz CT molecular complexity index is 532. The van der Waals surface area contributed by atoms with Crippen LogP contribution < -0.4 is 4.74 Å². The molecular weight excluding hydrogens is 308 g/mol. The molecule has 1 aromatic rings. The Morgan fingerprint density at radius 2 is 1.87 bits per heavy atom. The third kappa shape index (κ3) is 5.66. The smallest absolute Gasteiger partial charge is 0.344 e. The highest BCUT2D eigenvalue weighted by atomic mass is 28.4. The van der Waals surface area contributed by atoms with E-state index in [0.29, 0.717) is 13.2 Å². The van der Waals surface area contributed by atoms with Gasteiger partial charge in [-0.25, -0.2) is 4.79 Å². The zero-order valence-corrected chi connectivity index (χ0v) is 16.5. The van der Waals surface area contributed by atoms with Crippen LogP contribution in [0.3, 0.4) is 0 Å². The zero-order valence-electron chi connectivity index (χ0n) is 15.5. The van der Waals surface area contributed by atoms with Crippen molar-refractivity contribution in [1.29, 1.82) is 0 Å². The van der Waals surface area contributed by atoms with Crippen molar-refractivity contribution in [2.45, 2.75) is 59.4 Å². The molecule has 0 N–H and O–H groups in total. The number of ether oxygens (including phenoxy) is 2. The lowest BCUT2D eigenvalue weighted by Crippen LogP contribution is -2.40. The van der Waals surface area contributed by atoms with E-state index < -0.39 is 8.32 Å². The molecule has 0 spiro atoms. The normalized spacial score (nSPS) is 12.1. The van der Waals surface area contributed by atoms with Crippen molar-refractivity contribution in [3.05, 3.63) is 29.3 Å². The number of rotatable bonds is 7. The minimum absolute atomic E-state index is 0.0776. The van der Waals surface area contributed by atoms with E-state index in [2.05, 4.69) is 33.9 Å². The molecule has 4 nitrogen and oxygen atoms in total. The van der Waals surface area contributed by atoms with Gasteiger partial charge in [-0.1, -0.05) is 39.0 Å². The van der Waals surface area contributed by atoms with Crippen LogP contribution in [0, 0.1) is 6.92 Å². The monoisotopic (exact) mass is 338 g/mol. The van der Waals surface area contributed by atoms with Crippen molar-refractivity contribution < 1.29 is 18.7 Å². The fourth-order valence-electron chi connectivity index (χ4n) is 1.84. The van der Waals surface area contributed by atoms with E-state index in [1.165, 1.54) is 0 Å². The van der Waals surface area contributed by atoms with Crippen LogP contribution in [0.2, 0.25) is 18.1 Å². The molecule has 1 aromatic carbocycles. The average molecular weight is 339 g/mol. The summed E-state index contributed by atoms with van der Waals surface area (Å²) in [5, 5.41) is 0.156. The van der Waals surface area contributed by atoms with Crippen molar-refractivity contribution >= 4 is 14.3 Å². The average Bonchev–Trinajstić information content (AvgIpc) is 2.43. The van der Waals surface area contributed by atoms with Gasteiger partial charge in [-0.15, -0.1) is 0 Å². The molecule has 0 aliphatic heterocycles. The number of hydrogen-bond acceptors (Lipinski definition) is 4. The summed E-state index contributed by atoms with van der Waals surface area (Å²) < 4.78 is 16.9. The third-order valence-electron chi connectivity index (χ3n) is 4.33. The summed E-state index contributed by atoms with van der Waals surface area (Å²) in [4.78, 5) is 11.5. The molecule has 0 saturated heterocycles. The van der Waals surface area contributed by atoms with E-state index in [-0.39, 0.29) is 17.6 Å². The number of aryl methyl sites for hydroxylation is 1. The van der Waals surface area contributed by atoms with Gasteiger partial charge in [-0.2, -0.15) is 0 Å². The molecule has 0 heterocycles. The Labute approximate surface area is 141 Å². The van der Waals surface area contributed by atoms with Gasteiger partial charge in [0.25, 0.3) is 0 Å². The predicted molar refractivity (Wildman–Crippen MR) is 95.3 cm³/mol. The van der Waals surface area contributed by atoms with E-state index in [1.54, 1.807) is 6.92 Å². The quantitative estimate of drug-likeness (QED) is 0.544. The van der Waals surface area contributed by atoms with E-state index >= 15 is 0 Å². The maximum atomic E-state index is 11.5. The molecule has 0 fully saturated rings. The molecule has 0 aliphatic rings. The standard InChI is InChI=1S/C18H30O4Si/c1-8-20-16(19)13-21-17-14(2)10-9-11-15(17)12-22-23(6,7)18(3,4)5/h9-11H,8,12-13H2,1-7H3. The largest absolute Gasteiger partial charge is 0.481 e. The fraction of sp³-hybridized carbons (Fsp3) is 0.611. The van der Waals surface area contributed by atoms with Gasteiger partial charge in [0.15, 0.2) is 14.9 Å². The highest BCUT2D eigenvalue weighted by Crippen LogP contribution is 2.37. The lowest BCUT2D eigenvalue weighted by atomic mass is 10.1. The Hall–Kier alpha value is -1.33. The minimum atomic E-state index is -1.83. The minimum Gasteiger partial charge on any atom is -0.481 e. The van der Waals surface area contributed by atoms with Crippen molar-refractivity contribution in [1.82, 2.24) is 0 Å². The van der Waals surface area contributed by atoms with Gasteiger partial charge in [-0.3, -0.25) is 0 Å². The molecule has 1 rings (SSSR count). The van der Waals surface area contributed by atoms with Crippen molar-refractivity contribution in [3.63, 3.8) is 0 Å². The summed E-state index contributed by atoms with van der Waals surface area (Å²) >= 11 is 0. The Kier molecular flexibility index (Phi) is 6.83. The molecule has 23 heavy (non-hydrogen) atoms. The number of benzene rings is 1. The van der Waals surface area contributed by atoms with Gasteiger partial charge in [0.1, 0.15) is 5.75 Å². The molecule has 0 aliphatic carbocycles. The van der Waals surface area contributed by atoms with Gasteiger partial charge in [-0.05, 0) is 37.5 Å². The number of carbonyl (C=O) groups excluding carboxylic acids is 1.